The Kier molecular flexibility index (Phi) is 4.27. The largest absolute Gasteiger partial charge is 0.454 e. The minimum absolute atomic E-state index is 0.144. The fourth-order valence-corrected chi connectivity index (χ4v) is 2.79. The third-order valence-electron chi connectivity index (χ3n) is 3.74. The second-order valence-corrected chi connectivity index (χ2v) is 5.84. The number of carbonyl (C=O) groups is 2. The summed E-state index contributed by atoms with van der Waals surface area (Å²) in [5, 5.41) is 1.17. The first kappa shape index (κ1) is 16.1. The van der Waals surface area contributed by atoms with Crippen LogP contribution in [0.2, 0.25) is 5.02 Å². The van der Waals surface area contributed by atoms with Gasteiger partial charge < -0.3 is 15.5 Å². The van der Waals surface area contributed by atoms with Gasteiger partial charge in [-0.05, 0) is 31.2 Å². The molecule has 3 aromatic rings. The predicted molar refractivity (Wildman–Crippen MR) is 93.5 cm³/mol. The van der Waals surface area contributed by atoms with Crippen molar-refractivity contribution in [1.29, 1.82) is 0 Å². The molecular formula is C18H15ClN2O3. The molecule has 24 heavy (non-hydrogen) atoms. The van der Waals surface area contributed by atoms with E-state index in [9.17, 15) is 9.59 Å². The molecular weight excluding hydrogens is 328 g/mol. The van der Waals surface area contributed by atoms with Crippen molar-refractivity contribution in [2.45, 2.75) is 6.92 Å². The molecule has 2 aromatic carbocycles. The Morgan fingerprint density at radius 2 is 1.96 bits per heavy atom. The summed E-state index contributed by atoms with van der Waals surface area (Å²) in [6, 6.07) is 12.0. The lowest BCUT2D eigenvalue weighted by Crippen LogP contribution is -2.16. The minimum atomic E-state index is -0.680. The van der Waals surface area contributed by atoms with Gasteiger partial charge in [0, 0.05) is 32.9 Å². The fraction of sp³-hybridized carbons (Fsp3) is 0.111. The number of aromatic amines is 1. The van der Waals surface area contributed by atoms with Crippen molar-refractivity contribution < 1.29 is 14.3 Å². The lowest BCUT2D eigenvalue weighted by atomic mass is 10.1. The zero-order chi connectivity index (χ0) is 17.3. The number of aromatic nitrogens is 1. The molecule has 3 rings (SSSR count). The van der Waals surface area contributed by atoms with Gasteiger partial charge >= 0.3 is 5.97 Å². The highest BCUT2D eigenvalue weighted by Gasteiger charge is 2.19. The number of nitrogens with two attached hydrogens (primary N) is 1. The third kappa shape index (κ3) is 2.98. The van der Waals surface area contributed by atoms with E-state index in [-0.39, 0.29) is 23.6 Å². The molecule has 122 valence electrons. The highest BCUT2D eigenvalue weighted by molar-refractivity contribution is 6.31. The van der Waals surface area contributed by atoms with E-state index in [1.807, 2.05) is 31.2 Å². The van der Waals surface area contributed by atoms with E-state index < -0.39 is 5.97 Å². The quantitative estimate of drug-likeness (QED) is 0.429. The van der Waals surface area contributed by atoms with Crippen LogP contribution < -0.4 is 5.73 Å². The molecule has 0 saturated heterocycles. The molecule has 0 bridgehead atoms. The van der Waals surface area contributed by atoms with E-state index in [0.717, 1.165) is 16.6 Å². The Hall–Kier alpha value is -2.79. The number of nitrogen functional groups attached to an aromatic ring is 1. The van der Waals surface area contributed by atoms with Gasteiger partial charge in [0.25, 0.3) is 0 Å². The summed E-state index contributed by atoms with van der Waals surface area (Å²) in [4.78, 5) is 27.7. The van der Waals surface area contributed by atoms with Gasteiger partial charge in [0.15, 0.2) is 6.61 Å². The zero-order valence-electron chi connectivity index (χ0n) is 12.9. The van der Waals surface area contributed by atoms with E-state index in [4.69, 9.17) is 22.1 Å². The van der Waals surface area contributed by atoms with Crippen LogP contribution in [0.4, 0.5) is 5.69 Å². The van der Waals surface area contributed by atoms with Crippen molar-refractivity contribution in [3.63, 3.8) is 0 Å². The topological polar surface area (TPSA) is 85.2 Å². The van der Waals surface area contributed by atoms with Crippen molar-refractivity contribution in [2.75, 3.05) is 12.3 Å². The lowest BCUT2D eigenvalue weighted by molar-refractivity contribution is 0.0476. The number of ether oxygens (including phenoxy) is 1. The number of esters is 1. The Bertz CT molecular complexity index is 947. The highest BCUT2D eigenvalue weighted by atomic mass is 35.5. The Morgan fingerprint density at radius 1 is 1.21 bits per heavy atom. The maximum absolute atomic E-state index is 12.5. The van der Waals surface area contributed by atoms with E-state index in [1.54, 1.807) is 6.07 Å². The Morgan fingerprint density at radius 3 is 2.75 bits per heavy atom. The number of benzene rings is 2. The average molecular weight is 343 g/mol. The maximum Gasteiger partial charge on any atom is 0.340 e. The number of hydrogen-bond donors (Lipinski definition) is 2. The van der Waals surface area contributed by atoms with Crippen molar-refractivity contribution >= 4 is 39.9 Å². The van der Waals surface area contributed by atoms with Crippen molar-refractivity contribution in [2.24, 2.45) is 0 Å². The molecule has 0 aliphatic carbocycles. The number of fused-ring (bicyclic) bond motifs is 1. The SMILES string of the molecule is Cc1[nH]c2ccccc2c1C(=O)COC(=O)c1cc(Cl)ccc1N. The van der Waals surface area contributed by atoms with Crippen LogP contribution in [0.3, 0.4) is 0 Å². The van der Waals surface area contributed by atoms with Crippen LogP contribution >= 0.6 is 11.6 Å². The van der Waals surface area contributed by atoms with Crippen LogP contribution in [0, 0.1) is 6.92 Å². The molecule has 0 unspecified atom stereocenters. The summed E-state index contributed by atoms with van der Waals surface area (Å²) in [5.41, 5.74) is 8.26. The molecule has 1 heterocycles. The van der Waals surface area contributed by atoms with Crippen molar-refractivity contribution in [3.8, 4) is 0 Å². The van der Waals surface area contributed by atoms with Gasteiger partial charge in [0.1, 0.15) is 0 Å². The standard InChI is InChI=1S/C18H15ClN2O3/c1-10-17(12-4-2-3-5-15(12)21-10)16(22)9-24-18(23)13-8-11(19)6-7-14(13)20/h2-8,21H,9,20H2,1H3. The Balaban J connectivity index is 1.79. The molecule has 6 heteroatoms. The minimum Gasteiger partial charge on any atom is -0.454 e. The number of anilines is 1. The van der Waals surface area contributed by atoms with Crippen molar-refractivity contribution in [1.82, 2.24) is 4.98 Å². The van der Waals surface area contributed by atoms with Crippen LogP contribution in [0.5, 0.6) is 0 Å². The number of nitrogens with one attached hydrogen (secondary N) is 1. The van der Waals surface area contributed by atoms with Crippen LogP contribution in [-0.4, -0.2) is 23.3 Å². The summed E-state index contributed by atoms with van der Waals surface area (Å²) in [6.45, 7) is 1.44. The molecule has 0 radical (unpaired) electrons. The van der Waals surface area contributed by atoms with Crippen LogP contribution in [0.25, 0.3) is 10.9 Å². The van der Waals surface area contributed by atoms with Crippen LogP contribution in [0.1, 0.15) is 26.4 Å². The van der Waals surface area contributed by atoms with Gasteiger partial charge in [-0.2, -0.15) is 0 Å². The van der Waals surface area contributed by atoms with Gasteiger partial charge in [0.05, 0.1) is 5.56 Å². The van der Waals surface area contributed by atoms with E-state index in [1.165, 1.54) is 12.1 Å². The highest BCUT2D eigenvalue weighted by Crippen LogP contribution is 2.23. The van der Waals surface area contributed by atoms with Gasteiger partial charge in [-0.15, -0.1) is 0 Å². The van der Waals surface area contributed by atoms with E-state index >= 15 is 0 Å². The summed E-state index contributed by atoms with van der Waals surface area (Å²) in [6.07, 6.45) is 0. The first-order valence-electron chi connectivity index (χ1n) is 7.30. The number of Topliss-reactive ketones (excluding diaryl/α,β-unsaturated/α-hetero) is 1. The van der Waals surface area contributed by atoms with Gasteiger partial charge in [-0.3, -0.25) is 4.79 Å². The average Bonchev–Trinajstić information content (AvgIpc) is 2.90. The normalized spacial score (nSPS) is 10.8. The summed E-state index contributed by atoms with van der Waals surface area (Å²) in [7, 11) is 0. The summed E-state index contributed by atoms with van der Waals surface area (Å²) < 4.78 is 5.11. The zero-order valence-corrected chi connectivity index (χ0v) is 13.7. The first-order chi connectivity index (χ1) is 11.5. The fourth-order valence-electron chi connectivity index (χ4n) is 2.62. The molecule has 0 atom stereocenters. The summed E-state index contributed by atoms with van der Waals surface area (Å²) in [5.74, 6) is -0.959. The number of halogens is 1. The second-order valence-electron chi connectivity index (χ2n) is 5.40. The number of ketones is 1. The van der Waals surface area contributed by atoms with Crippen molar-refractivity contribution in [3.05, 3.63) is 64.3 Å². The molecule has 1 aromatic heterocycles. The molecule has 0 spiro atoms. The molecule has 0 aliphatic rings. The molecule has 0 aliphatic heterocycles. The molecule has 5 nitrogen and oxygen atoms in total. The van der Waals surface area contributed by atoms with Gasteiger partial charge in [-0.25, -0.2) is 4.79 Å². The Labute approximate surface area is 143 Å². The van der Waals surface area contributed by atoms with Gasteiger partial charge in [-0.1, -0.05) is 29.8 Å². The lowest BCUT2D eigenvalue weighted by Gasteiger charge is -2.07. The summed E-state index contributed by atoms with van der Waals surface area (Å²) >= 11 is 5.86. The number of para-hydroxylation sites is 1. The maximum atomic E-state index is 12.5. The second kappa shape index (κ2) is 6.37. The van der Waals surface area contributed by atoms with Crippen LogP contribution in [0.15, 0.2) is 42.5 Å². The molecule has 0 fully saturated rings. The third-order valence-corrected chi connectivity index (χ3v) is 3.98. The van der Waals surface area contributed by atoms with E-state index in [0.29, 0.717) is 10.6 Å². The molecule has 0 amide bonds. The molecule has 3 N–H and O–H groups in total. The smallest absolute Gasteiger partial charge is 0.340 e. The molecule has 0 saturated carbocycles. The monoisotopic (exact) mass is 342 g/mol. The van der Waals surface area contributed by atoms with E-state index in [2.05, 4.69) is 4.98 Å². The number of carbonyl (C=O) groups excluding carboxylic acids is 2. The van der Waals surface area contributed by atoms with Gasteiger partial charge in [0.2, 0.25) is 5.78 Å². The first-order valence-corrected chi connectivity index (χ1v) is 7.68. The number of H-pyrrole nitrogens is 1. The predicted octanol–water partition coefficient (Wildman–Crippen LogP) is 3.75. The number of hydrogen-bond acceptors (Lipinski definition) is 4. The number of aryl methyl sites for hydroxylation is 1. The van der Waals surface area contributed by atoms with Crippen LogP contribution in [-0.2, 0) is 4.74 Å². The number of rotatable bonds is 4.